The van der Waals surface area contributed by atoms with Crippen molar-refractivity contribution < 1.29 is 23.9 Å². The number of nitro groups is 1. The Labute approximate surface area is 150 Å². The van der Waals surface area contributed by atoms with Gasteiger partial charge in [-0.3, -0.25) is 14.9 Å². The monoisotopic (exact) mass is 360 g/mol. The van der Waals surface area contributed by atoms with Crippen LogP contribution in [0, 0.1) is 10.1 Å². The van der Waals surface area contributed by atoms with Crippen molar-refractivity contribution in [2.24, 2.45) is 0 Å². The molecule has 26 heavy (non-hydrogen) atoms. The van der Waals surface area contributed by atoms with Gasteiger partial charge >= 0.3 is 0 Å². The van der Waals surface area contributed by atoms with E-state index in [-0.39, 0.29) is 18.9 Å². The van der Waals surface area contributed by atoms with Crippen molar-refractivity contribution in [3.05, 3.63) is 57.6 Å². The van der Waals surface area contributed by atoms with E-state index in [0.717, 1.165) is 0 Å². The molecule has 0 aromatic heterocycles. The van der Waals surface area contributed by atoms with E-state index in [1.807, 2.05) is 0 Å². The quantitative estimate of drug-likeness (QED) is 0.574. The number of nitrogens with one attached hydrogen (secondary N) is 1. The van der Waals surface area contributed by atoms with E-state index in [4.69, 9.17) is 14.2 Å². The Kier molecular flexibility index (Phi) is 6.37. The minimum atomic E-state index is -0.409. The molecule has 0 unspecified atom stereocenters. The van der Waals surface area contributed by atoms with E-state index in [9.17, 15) is 14.9 Å². The molecule has 0 bridgehead atoms. The molecule has 0 heterocycles. The minimum absolute atomic E-state index is 0.172. The molecule has 1 N–H and O–H groups in total. The second-order valence-corrected chi connectivity index (χ2v) is 5.33. The highest BCUT2D eigenvalue weighted by Gasteiger charge is 2.17. The first-order chi connectivity index (χ1) is 12.5. The van der Waals surface area contributed by atoms with Crippen LogP contribution in [0.3, 0.4) is 0 Å². The highest BCUT2D eigenvalue weighted by Crippen LogP contribution is 2.40. The molecule has 0 aliphatic rings. The molecule has 1 amide bonds. The summed E-state index contributed by atoms with van der Waals surface area (Å²) in [7, 11) is 4.45. The van der Waals surface area contributed by atoms with Gasteiger partial charge in [-0.05, 0) is 11.6 Å². The van der Waals surface area contributed by atoms with Crippen molar-refractivity contribution in [3.63, 3.8) is 0 Å². The van der Waals surface area contributed by atoms with E-state index in [0.29, 0.717) is 34.1 Å². The molecule has 0 saturated heterocycles. The number of hydrogen-bond acceptors (Lipinski definition) is 6. The number of ether oxygens (including phenoxy) is 3. The molecule has 0 aliphatic heterocycles. The second-order valence-electron chi connectivity index (χ2n) is 5.33. The van der Waals surface area contributed by atoms with Crippen LogP contribution in [0.15, 0.2) is 36.4 Å². The second kappa shape index (κ2) is 8.70. The van der Waals surface area contributed by atoms with Gasteiger partial charge in [-0.25, -0.2) is 0 Å². The van der Waals surface area contributed by atoms with Gasteiger partial charge in [0.05, 0.1) is 21.3 Å². The minimum Gasteiger partial charge on any atom is -0.493 e. The largest absolute Gasteiger partial charge is 0.493 e. The van der Waals surface area contributed by atoms with Gasteiger partial charge in [0.2, 0.25) is 12.3 Å². The molecule has 2 rings (SSSR count). The summed E-state index contributed by atoms with van der Waals surface area (Å²) < 4.78 is 15.8. The Balaban J connectivity index is 2.29. The number of anilines is 1. The molecule has 0 aliphatic carbocycles. The number of rotatable bonds is 8. The van der Waals surface area contributed by atoms with Crippen LogP contribution >= 0.6 is 0 Å². The first-order valence-electron chi connectivity index (χ1n) is 7.81. The summed E-state index contributed by atoms with van der Waals surface area (Å²) in [6.07, 6.45) is 0.172. The van der Waals surface area contributed by atoms with Gasteiger partial charge in [0.15, 0.2) is 11.5 Å². The molecule has 138 valence electrons. The number of amides is 1. The number of methoxy groups -OCH3 is 3. The standard InChI is InChI=1S/C18H20N2O6/c1-24-15-10-13(11-16(25-2)17(15)26-3)19-18(21)14-7-5-4-6-12(14)8-9-20(22)23/h4-7,10-11H,8-9H2,1-3H3,(H,19,21). The highest BCUT2D eigenvalue weighted by molar-refractivity contribution is 6.05. The zero-order valence-electron chi connectivity index (χ0n) is 14.8. The number of hydrogen-bond donors (Lipinski definition) is 1. The Morgan fingerprint density at radius 2 is 1.69 bits per heavy atom. The normalized spacial score (nSPS) is 10.1. The highest BCUT2D eigenvalue weighted by atomic mass is 16.6. The van der Waals surface area contributed by atoms with Gasteiger partial charge in [-0.1, -0.05) is 18.2 Å². The van der Waals surface area contributed by atoms with E-state index in [1.165, 1.54) is 21.3 Å². The topological polar surface area (TPSA) is 99.9 Å². The Morgan fingerprint density at radius 1 is 1.08 bits per heavy atom. The van der Waals surface area contributed by atoms with Crippen LogP contribution in [0.1, 0.15) is 15.9 Å². The SMILES string of the molecule is COc1cc(NC(=O)c2ccccc2CC[N+](=O)[O-])cc(OC)c1OC. The van der Waals surface area contributed by atoms with Crippen molar-refractivity contribution in [1.82, 2.24) is 0 Å². The molecule has 0 saturated carbocycles. The average molecular weight is 360 g/mol. The third kappa shape index (κ3) is 4.41. The fourth-order valence-corrected chi connectivity index (χ4v) is 2.52. The average Bonchev–Trinajstić information content (AvgIpc) is 2.65. The Bertz CT molecular complexity index is 781. The van der Waals surface area contributed by atoms with E-state index < -0.39 is 4.92 Å². The third-order valence-electron chi connectivity index (χ3n) is 3.75. The Hall–Kier alpha value is -3.29. The Morgan fingerprint density at radius 3 is 2.23 bits per heavy atom. The maximum atomic E-state index is 12.6. The van der Waals surface area contributed by atoms with Crippen LogP contribution in [0.4, 0.5) is 5.69 Å². The molecule has 0 atom stereocenters. The molecular formula is C18H20N2O6. The summed E-state index contributed by atoms with van der Waals surface area (Å²) in [5, 5.41) is 13.4. The maximum Gasteiger partial charge on any atom is 0.255 e. The van der Waals surface area contributed by atoms with Crippen molar-refractivity contribution in [2.75, 3.05) is 33.2 Å². The van der Waals surface area contributed by atoms with Gasteiger partial charge in [0.1, 0.15) is 0 Å². The predicted molar refractivity (Wildman–Crippen MR) is 96.1 cm³/mol. The van der Waals surface area contributed by atoms with E-state index >= 15 is 0 Å². The lowest BCUT2D eigenvalue weighted by Gasteiger charge is -2.15. The third-order valence-corrected chi connectivity index (χ3v) is 3.75. The van der Waals surface area contributed by atoms with Crippen LogP contribution in [0.25, 0.3) is 0 Å². The summed E-state index contributed by atoms with van der Waals surface area (Å²) in [6, 6.07) is 10.00. The van der Waals surface area contributed by atoms with E-state index in [1.54, 1.807) is 36.4 Å². The molecule has 2 aromatic carbocycles. The van der Waals surface area contributed by atoms with E-state index in [2.05, 4.69) is 5.32 Å². The van der Waals surface area contributed by atoms with Crippen LogP contribution in [0.5, 0.6) is 17.2 Å². The molecular weight excluding hydrogens is 340 g/mol. The first-order valence-corrected chi connectivity index (χ1v) is 7.81. The van der Waals surface area contributed by atoms with Crippen LogP contribution in [0.2, 0.25) is 0 Å². The van der Waals surface area contributed by atoms with Crippen molar-refractivity contribution >= 4 is 11.6 Å². The van der Waals surface area contributed by atoms with Crippen molar-refractivity contribution in [2.45, 2.75) is 6.42 Å². The summed E-state index contributed by atoms with van der Waals surface area (Å²) in [6.45, 7) is -0.242. The fraction of sp³-hybridized carbons (Fsp3) is 0.278. The van der Waals surface area contributed by atoms with Gasteiger partial charge < -0.3 is 19.5 Å². The van der Waals surface area contributed by atoms with Crippen LogP contribution < -0.4 is 19.5 Å². The van der Waals surface area contributed by atoms with Crippen molar-refractivity contribution in [3.8, 4) is 17.2 Å². The summed E-state index contributed by atoms with van der Waals surface area (Å²) in [5.41, 5.74) is 1.44. The van der Waals surface area contributed by atoms with Crippen LogP contribution in [-0.4, -0.2) is 38.7 Å². The number of carbonyl (C=O) groups excluding carboxylic acids is 1. The summed E-state index contributed by atoms with van der Waals surface area (Å²) in [5.74, 6) is 0.852. The van der Waals surface area contributed by atoms with Gasteiger partial charge in [-0.2, -0.15) is 0 Å². The predicted octanol–water partition coefficient (Wildman–Crippen LogP) is 2.78. The molecule has 8 heteroatoms. The smallest absolute Gasteiger partial charge is 0.255 e. The molecule has 0 spiro atoms. The van der Waals surface area contributed by atoms with Crippen molar-refractivity contribution in [1.29, 1.82) is 0 Å². The molecule has 2 aromatic rings. The lowest BCUT2D eigenvalue weighted by Crippen LogP contribution is -2.16. The number of benzene rings is 2. The molecule has 8 nitrogen and oxygen atoms in total. The van der Waals surface area contributed by atoms with Gasteiger partial charge in [-0.15, -0.1) is 0 Å². The number of carbonyl (C=O) groups is 1. The fourth-order valence-electron chi connectivity index (χ4n) is 2.52. The summed E-state index contributed by atoms with van der Waals surface area (Å²) >= 11 is 0. The summed E-state index contributed by atoms with van der Waals surface area (Å²) in [4.78, 5) is 22.8. The molecule has 0 radical (unpaired) electrons. The first kappa shape index (κ1) is 19.0. The zero-order valence-corrected chi connectivity index (χ0v) is 14.8. The number of nitrogens with zero attached hydrogens (tertiary/aromatic N) is 1. The zero-order chi connectivity index (χ0) is 19.1. The molecule has 0 fully saturated rings. The maximum absolute atomic E-state index is 12.6. The lowest BCUT2D eigenvalue weighted by atomic mass is 10.0. The van der Waals surface area contributed by atoms with Crippen LogP contribution in [-0.2, 0) is 6.42 Å². The lowest BCUT2D eigenvalue weighted by molar-refractivity contribution is -0.479. The van der Waals surface area contributed by atoms with Gasteiger partial charge in [0, 0.05) is 34.7 Å². The van der Waals surface area contributed by atoms with Gasteiger partial charge in [0.25, 0.3) is 5.91 Å².